The van der Waals surface area contributed by atoms with Crippen LogP contribution in [-0.4, -0.2) is 29.4 Å². The highest BCUT2D eigenvalue weighted by atomic mass is 32.2. The Morgan fingerprint density at radius 2 is 2.33 bits per heavy atom. The van der Waals surface area contributed by atoms with E-state index in [0.29, 0.717) is 6.54 Å². The molecule has 0 fully saturated rings. The number of pyridine rings is 1. The molecular weight excluding hydrogens is 222 g/mol. The monoisotopic (exact) mass is 232 g/mol. The lowest BCUT2D eigenvalue weighted by atomic mass is 10.2. The van der Waals surface area contributed by atoms with Crippen LogP contribution in [0.25, 0.3) is 0 Å². The van der Waals surface area contributed by atoms with Gasteiger partial charge in [-0.15, -0.1) is 0 Å². The topological polar surface area (TPSA) is 42.0 Å². The second kappa shape index (κ2) is 5.65. The van der Waals surface area contributed by atoms with Crippen LogP contribution in [0.3, 0.4) is 0 Å². The quantitative estimate of drug-likeness (QED) is 0.631. The van der Waals surface area contributed by atoms with Crippen molar-refractivity contribution >= 4 is 17.7 Å². The third-order valence-corrected chi connectivity index (χ3v) is 2.30. The molecule has 82 valence electrons. The Labute approximate surface area is 90.3 Å². The maximum atomic E-state index is 13.1. The Hall–Kier alpha value is -1.17. The molecule has 0 atom stereocenters. The van der Waals surface area contributed by atoms with E-state index in [2.05, 4.69) is 10.3 Å². The van der Waals surface area contributed by atoms with E-state index in [9.17, 15) is 13.6 Å². The largest absolute Gasteiger partial charge is 0.351 e. The zero-order chi connectivity index (χ0) is 11.3. The van der Waals surface area contributed by atoms with Crippen LogP contribution in [0.15, 0.2) is 12.3 Å². The molecule has 1 aromatic rings. The number of carbonyl (C=O) groups is 1. The van der Waals surface area contributed by atoms with Gasteiger partial charge in [0.1, 0.15) is 0 Å². The SMILES string of the molecule is CSCCNC(=O)c1ccnc(F)c1F. The number of thioether (sulfide) groups is 1. The lowest BCUT2D eigenvalue weighted by Crippen LogP contribution is -2.27. The summed E-state index contributed by atoms with van der Waals surface area (Å²) in [6, 6.07) is 1.15. The molecule has 0 aliphatic heterocycles. The van der Waals surface area contributed by atoms with Gasteiger partial charge in [-0.3, -0.25) is 4.79 Å². The summed E-state index contributed by atoms with van der Waals surface area (Å²) in [5.74, 6) is -2.37. The smallest absolute Gasteiger partial charge is 0.254 e. The minimum Gasteiger partial charge on any atom is -0.351 e. The lowest BCUT2D eigenvalue weighted by molar-refractivity contribution is 0.0950. The van der Waals surface area contributed by atoms with Crippen molar-refractivity contribution < 1.29 is 13.6 Å². The minimum atomic E-state index is -1.26. The van der Waals surface area contributed by atoms with Crippen LogP contribution in [0.1, 0.15) is 10.4 Å². The number of amides is 1. The van der Waals surface area contributed by atoms with Crippen molar-refractivity contribution in [3.8, 4) is 0 Å². The van der Waals surface area contributed by atoms with Crippen molar-refractivity contribution in [2.24, 2.45) is 0 Å². The van der Waals surface area contributed by atoms with E-state index in [1.54, 1.807) is 11.8 Å². The first-order chi connectivity index (χ1) is 7.16. The highest BCUT2D eigenvalue weighted by Gasteiger charge is 2.15. The molecule has 0 spiro atoms. The van der Waals surface area contributed by atoms with Gasteiger partial charge in [0.2, 0.25) is 5.95 Å². The van der Waals surface area contributed by atoms with Crippen LogP contribution in [0.4, 0.5) is 8.78 Å². The van der Waals surface area contributed by atoms with Gasteiger partial charge >= 0.3 is 0 Å². The number of carbonyl (C=O) groups excluding carboxylic acids is 1. The fourth-order valence-electron chi connectivity index (χ4n) is 0.955. The first-order valence-electron chi connectivity index (χ1n) is 4.24. The minimum absolute atomic E-state index is 0.316. The van der Waals surface area contributed by atoms with Crippen LogP contribution in [0.5, 0.6) is 0 Å². The number of nitrogens with one attached hydrogen (secondary N) is 1. The average molecular weight is 232 g/mol. The molecule has 0 saturated carbocycles. The molecular formula is C9H10F2N2OS. The molecule has 6 heteroatoms. The van der Waals surface area contributed by atoms with Crippen molar-refractivity contribution in [3.05, 3.63) is 29.6 Å². The number of rotatable bonds is 4. The summed E-state index contributed by atoms with van der Waals surface area (Å²) in [5, 5.41) is 2.47. The number of hydrogen-bond donors (Lipinski definition) is 1. The Morgan fingerprint density at radius 1 is 1.60 bits per heavy atom. The fraction of sp³-hybridized carbons (Fsp3) is 0.333. The van der Waals surface area contributed by atoms with Crippen molar-refractivity contribution in [1.82, 2.24) is 10.3 Å². The van der Waals surface area contributed by atoms with Gasteiger partial charge in [-0.2, -0.15) is 16.2 Å². The predicted molar refractivity (Wildman–Crippen MR) is 54.9 cm³/mol. The number of nitrogens with zero attached hydrogens (tertiary/aromatic N) is 1. The summed E-state index contributed by atoms with van der Waals surface area (Å²) in [5.41, 5.74) is -0.316. The van der Waals surface area contributed by atoms with Crippen molar-refractivity contribution in [2.45, 2.75) is 0 Å². The average Bonchev–Trinajstić information content (AvgIpc) is 2.22. The molecule has 0 radical (unpaired) electrons. The van der Waals surface area contributed by atoms with E-state index in [-0.39, 0.29) is 5.56 Å². The van der Waals surface area contributed by atoms with Crippen LogP contribution < -0.4 is 5.32 Å². The molecule has 0 aliphatic carbocycles. The van der Waals surface area contributed by atoms with E-state index in [0.717, 1.165) is 18.0 Å². The third-order valence-electron chi connectivity index (χ3n) is 1.68. The Bertz CT molecular complexity index is 360. The molecule has 15 heavy (non-hydrogen) atoms. The molecule has 1 aromatic heterocycles. The van der Waals surface area contributed by atoms with E-state index in [1.165, 1.54) is 0 Å². The molecule has 1 heterocycles. The molecule has 0 saturated heterocycles. The maximum absolute atomic E-state index is 13.1. The van der Waals surface area contributed by atoms with Gasteiger partial charge in [0.05, 0.1) is 5.56 Å². The third kappa shape index (κ3) is 3.16. The molecule has 1 N–H and O–H groups in total. The van der Waals surface area contributed by atoms with Gasteiger partial charge in [0.25, 0.3) is 5.91 Å². The fourth-order valence-corrected chi connectivity index (χ4v) is 1.26. The Morgan fingerprint density at radius 3 is 3.00 bits per heavy atom. The second-order valence-corrected chi connectivity index (χ2v) is 3.70. The zero-order valence-corrected chi connectivity index (χ0v) is 8.91. The normalized spacial score (nSPS) is 10.1. The van der Waals surface area contributed by atoms with Gasteiger partial charge < -0.3 is 5.32 Å². The molecule has 1 rings (SSSR count). The highest BCUT2D eigenvalue weighted by Crippen LogP contribution is 2.08. The van der Waals surface area contributed by atoms with Crippen LogP contribution in [-0.2, 0) is 0 Å². The summed E-state index contributed by atoms with van der Waals surface area (Å²) in [7, 11) is 0. The molecule has 0 unspecified atom stereocenters. The lowest BCUT2D eigenvalue weighted by Gasteiger charge is -2.04. The summed E-state index contributed by atoms with van der Waals surface area (Å²) in [6.07, 6.45) is 2.95. The number of halogens is 2. The van der Waals surface area contributed by atoms with E-state index in [1.807, 2.05) is 6.26 Å². The number of aromatic nitrogens is 1. The summed E-state index contributed by atoms with van der Waals surface area (Å²) in [6.45, 7) is 0.420. The Kier molecular flexibility index (Phi) is 4.48. The molecule has 0 aliphatic rings. The Balaban J connectivity index is 2.69. The first-order valence-corrected chi connectivity index (χ1v) is 5.63. The second-order valence-electron chi connectivity index (χ2n) is 2.71. The van der Waals surface area contributed by atoms with Gasteiger partial charge in [-0.05, 0) is 12.3 Å². The first kappa shape index (κ1) is 11.9. The summed E-state index contributed by atoms with van der Waals surface area (Å²) in [4.78, 5) is 14.4. The molecule has 1 amide bonds. The van der Waals surface area contributed by atoms with Gasteiger partial charge in [0.15, 0.2) is 5.82 Å². The predicted octanol–water partition coefficient (Wildman–Crippen LogP) is 1.45. The van der Waals surface area contributed by atoms with Crippen molar-refractivity contribution in [1.29, 1.82) is 0 Å². The van der Waals surface area contributed by atoms with E-state index >= 15 is 0 Å². The summed E-state index contributed by atoms with van der Waals surface area (Å²) >= 11 is 1.55. The van der Waals surface area contributed by atoms with Gasteiger partial charge in [0, 0.05) is 18.5 Å². The van der Waals surface area contributed by atoms with Crippen LogP contribution >= 0.6 is 11.8 Å². The zero-order valence-electron chi connectivity index (χ0n) is 8.09. The summed E-state index contributed by atoms with van der Waals surface area (Å²) < 4.78 is 25.7. The standard InChI is InChI=1S/C9H10F2N2OS/c1-15-5-4-13-9(14)6-2-3-12-8(11)7(6)10/h2-3H,4-5H2,1H3,(H,13,14). The maximum Gasteiger partial charge on any atom is 0.254 e. The number of hydrogen-bond acceptors (Lipinski definition) is 3. The van der Waals surface area contributed by atoms with Crippen molar-refractivity contribution in [2.75, 3.05) is 18.6 Å². The molecule has 0 aromatic carbocycles. The molecule has 3 nitrogen and oxygen atoms in total. The van der Waals surface area contributed by atoms with Crippen LogP contribution in [0.2, 0.25) is 0 Å². The van der Waals surface area contributed by atoms with Gasteiger partial charge in [-0.25, -0.2) is 9.37 Å². The highest BCUT2D eigenvalue weighted by molar-refractivity contribution is 7.98. The van der Waals surface area contributed by atoms with Gasteiger partial charge in [-0.1, -0.05) is 0 Å². The molecule has 0 bridgehead atoms. The van der Waals surface area contributed by atoms with E-state index < -0.39 is 17.7 Å². The van der Waals surface area contributed by atoms with Crippen molar-refractivity contribution in [3.63, 3.8) is 0 Å². The van der Waals surface area contributed by atoms with Crippen LogP contribution in [0, 0.1) is 11.8 Å². The van der Waals surface area contributed by atoms with E-state index in [4.69, 9.17) is 0 Å².